The van der Waals surface area contributed by atoms with Gasteiger partial charge in [0.15, 0.2) is 10.9 Å². The van der Waals surface area contributed by atoms with Crippen LogP contribution in [0.2, 0.25) is 0 Å². The van der Waals surface area contributed by atoms with Gasteiger partial charge in [-0.3, -0.25) is 9.59 Å². The summed E-state index contributed by atoms with van der Waals surface area (Å²) in [6, 6.07) is 44.7. The van der Waals surface area contributed by atoms with Crippen molar-refractivity contribution < 1.29 is 0 Å². The Hall–Kier alpha value is -5.39. The van der Waals surface area contributed by atoms with Crippen molar-refractivity contribution in [1.29, 1.82) is 0 Å². The number of anilines is 3. The number of aromatic nitrogens is 1. The van der Waals surface area contributed by atoms with E-state index in [1.165, 1.54) is 0 Å². The first kappa shape index (κ1) is 24.2. The molecule has 0 saturated heterocycles. The molecule has 0 bridgehead atoms. The fourth-order valence-electron chi connectivity index (χ4n) is 6.55. The van der Waals surface area contributed by atoms with Crippen molar-refractivity contribution in [2.45, 2.75) is 9.79 Å². The maximum absolute atomic E-state index is 14.1. The summed E-state index contributed by atoms with van der Waals surface area (Å²) >= 11 is 1.69. The summed E-state index contributed by atoms with van der Waals surface area (Å²) in [6.07, 6.45) is 0. The Morgan fingerprint density at radius 1 is 0.465 bits per heavy atom. The van der Waals surface area contributed by atoms with Gasteiger partial charge in [-0.15, -0.1) is 0 Å². The van der Waals surface area contributed by atoms with Gasteiger partial charge < -0.3 is 9.30 Å². The Morgan fingerprint density at radius 2 is 1.12 bits per heavy atom. The SMILES string of the molecule is O=c1c2ccccc2n2c3cc4c(cc3c(=O)c3cccc1c32)Sc1cc(-c2ccccc2)ccc1N4c1ccccc1. The second-order valence-electron chi connectivity index (χ2n) is 10.9. The number of benzene rings is 6. The Kier molecular flexibility index (Phi) is 5.10. The minimum Gasteiger partial charge on any atom is -0.308 e. The van der Waals surface area contributed by atoms with Gasteiger partial charge in [0.25, 0.3) is 0 Å². The molecule has 0 atom stereocenters. The van der Waals surface area contributed by atoms with Crippen LogP contribution in [-0.2, 0) is 0 Å². The van der Waals surface area contributed by atoms with Gasteiger partial charge in [0, 0.05) is 37.0 Å². The topological polar surface area (TPSA) is 41.8 Å². The molecular weight excluding hydrogens is 548 g/mol. The first-order valence-corrected chi connectivity index (χ1v) is 15.0. The molecule has 0 spiro atoms. The van der Waals surface area contributed by atoms with E-state index < -0.39 is 0 Å². The van der Waals surface area contributed by atoms with E-state index in [0.717, 1.165) is 49.0 Å². The van der Waals surface area contributed by atoms with Crippen LogP contribution >= 0.6 is 11.8 Å². The number of rotatable bonds is 2. The number of nitrogens with zero attached hydrogens (tertiary/aromatic N) is 2. The predicted octanol–water partition coefficient (Wildman–Crippen LogP) is 9.16. The van der Waals surface area contributed by atoms with Crippen LogP contribution in [0.4, 0.5) is 17.1 Å². The molecule has 0 saturated carbocycles. The molecule has 8 aromatic rings. The van der Waals surface area contributed by atoms with E-state index in [2.05, 4.69) is 70.0 Å². The Labute approximate surface area is 250 Å². The summed E-state index contributed by atoms with van der Waals surface area (Å²) in [5.41, 5.74) is 7.57. The van der Waals surface area contributed by atoms with E-state index in [1.807, 2.05) is 72.8 Å². The van der Waals surface area contributed by atoms with Gasteiger partial charge in [-0.25, -0.2) is 0 Å². The fraction of sp³-hybridized carbons (Fsp3) is 0. The summed E-state index contributed by atoms with van der Waals surface area (Å²) in [5, 5.41) is 2.38. The number of para-hydroxylation sites is 3. The van der Waals surface area contributed by atoms with Gasteiger partial charge in [0.2, 0.25) is 0 Å². The lowest BCUT2D eigenvalue weighted by Gasteiger charge is -2.33. The van der Waals surface area contributed by atoms with Crippen molar-refractivity contribution >= 4 is 66.9 Å². The molecule has 0 amide bonds. The van der Waals surface area contributed by atoms with E-state index >= 15 is 0 Å². The molecular formula is C38H22N2O2S. The van der Waals surface area contributed by atoms with Crippen molar-refractivity contribution in [3.8, 4) is 11.1 Å². The van der Waals surface area contributed by atoms with Crippen LogP contribution in [0, 0.1) is 0 Å². The quantitative estimate of drug-likeness (QED) is 0.154. The number of pyridine rings is 2. The molecule has 1 aliphatic rings. The Morgan fingerprint density at radius 3 is 1.91 bits per heavy atom. The highest BCUT2D eigenvalue weighted by atomic mass is 32.2. The van der Waals surface area contributed by atoms with Crippen molar-refractivity contribution in [2.24, 2.45) is 0 Å². The van der Waals surface area contributed by atoms with Gasteiger partial charge in [0.05, 0.1) is 27.9 Å². The zero-order chi connectivity index (χ0) is 28.7. The van der Waals surface area contributed by atoms with Gasteiger partial charge in [0.1, 0.15) is 0 Å². The van der Waals surface area contributed by atoms with Gasteiger partial charge in [-0.2, -0.15) is 0 Å². The zero-order valence-corrected chi connectivity index (χ0v) is 23.6. The molecule has 0 unspecified atom stereocenters. The average molecular weight is 571 g/mol. The Balaban J connectivity index is 1.40. The normalized spacial score (nSPS) is 12.7. The molecule has 5 heteroatoms. The standard InChI is InChI=1S/C38H22N2O2S/c41-37-26-14-7-8-17-30(26)40-32-22-33-35(21-29(32)38(42)28-16-9-15-27(37)36(28)40)43-34-20-24(23-10-3-1-4-11-23)18-19-31(34)39(33)25-12-5-2-6-13-25/h1-22H. The van der Waals surface area contributed by atoms with Gasteiger partial charge in [-0.1, -0.05) is 84.6 Å². The van der Waals surface area contributed by atoms with Crippen LogP contribution in [0.1, 0.15) is 0 Å². The summed E-state index contributed by atoms with van der Waals surface area (Å²) in [6.45, 7) is 0. The average Bonchev–Trinajstić information content (AvgIpc) is 3.07. The second kappa shape index (κ2) is 9.05. The molecule has 202 valence electrons. The number of fused-ring (bicyclic) bond motifs is 6. The minimum atomic E-state index is -0.0613. The highest BCUT2D eigenvalue weighted by Gasteiger charge is 2.28. The molecule has 3 heterocycles. The summed E-state index contributed by atoms with van der Waals surface area (Å²) in [5.74, 6) is 0. The maximum Gasteiger partial charge on any atom is 0.197 e. The lowest BCUT2D eigenvalue weighted by atomic mass is 10.0. The van der Waals surface area contributed by atoms with Crippen molar-refractivity contribution in [2.75, 3.05) is 4.90 Å². The van der Waals surface area contributed by atoms with Crippen molar-refractivity contribution in [3.05, 3.63) is 154 Å². The molecule has 0 radical (unpaired) electrons. The van der Waals surface area contributed by atoms with Crippen LogP contribution in [0.3, 0.4) is 0 Å². The second-order valence-corrected chi connectivity index (χ2v) is 12.0. The molecule has 2 aromatic heterocycles. The maximum atomic E-state index is 14.1. The van der Waals surface area contributed by atoms with E-state index in [-0.39, 0.29) is 10.9 Å². The molecule has 1 aliphatic heterocycles. The molecule has 0 fully saturated rings. The monoisotopic (exact) mass is 570 g/mol. The highest BCUT2D eigenvalue weighted by molar-refractivity contribution is 7.99. The zero-order valence-electron chi connectivity index (χ0n) is 22.8. The van der Waals surface area contributed by atoms with Crippen molar-refractivity contribution in [3.63, 3.8) is 0 Å². The van der Waals surface area contributed by atoms with Crippen LogP contribution in [0.15, 0.2) is 153 Å². The first-order valence-electron chi connectivity index (χ1n) is 14.2. The molecule has 0 aliphatic carbocycles. The van der Waals surface area contributed by atoms with Crippen LogP contribution in [0.5, 0.6) is 0 Å². The number of hydrogen-bond donors (Lipinski definition) is 0. The fourth-order valence-corrected chi connectivity index (χ4v) is 7.67. The third-order valence-electron chi connectivity index (χ3n) is 8.48. The molecule has 0 N–H and O–H groups in total. The van der Waals surface area contributed by atoms with Crippen LogP contribution < -0.4 is 15.8 Å². The summed E-state index contributed by atoms with van der Waals surface area (Å²) in [7, 11) is 0. The minimum absolute atomic E-state index is 0.0532. The first-order chi connectivity index (χ1) is 21.2. The van der Waals surface area contributed by atoms with E-state index in [0.29, 0.717) is 27.1 Å². The number of hydrogen-bond acceptors (Lipinski definition) is 4. The molecule has 4 nitrogen and oxygen atoms in total. The van der Waals surface area contributed by atoms with Gasteiger partial charge in [-0.05, 0) is 71.8 Å². The lowest BCUT2D eigenvalue weighted by Crippen LogP contribution is -2.17. The molecule has 43 heavy (non-hydrogen) atoms. The summed E-state index contributed by atoms with van der Waals surface area (Å²) < 4.78 is 2.11. The highest BCUT2D eigenvalue weighted by Crippen LogP contribution is 2.53. The Bertz CT molecular complexity index is 2530. The predicted molar refractivity (Wildman–Crippen MR) is 178 cm³/mol. The molecule has 6 aromatic carbocycles. The van der Waals surface area contributed by atoms with E-state index in [9.17, 15) is 9.59 Å². The largest absolute Gasteiger partial charge is 0.308 e. The van der Waals surface area contributed by atoms with E-state index in [1.54, 1.807) is 11.8 Å². The smallest absolute Gasteiger partial charge is 0.197 e. The van der Waals surface area contributed by atoms with Crippen LogP contribution in [-0.4, -0.2) is 4.40 Å². The van der Waals surface area contributed by atoms with E-state index in [4.69, 9.17) is 0 Å². The van der Waals surface area contributed by atoms with Gasteiger partial charge >= 0.3 is 0 Å². The summed E-state index contributed by atoms with van der Waals surface area (Å²) in [4.78, 5) is 32.1. The third-order valence-corrected chi connectivity index (χ3v) is 9.58. The lowest BCUT2D eigenvalue weighted by molar-refractivity contribution is 1.17. The molecule has 9 rings (SSSR count). The van der Waals surface area contributed by atoms with Crippen molar-refractivity contribution in [1.82, 2.24) is 4.40 Å². The van der Waals surface area contributed by atoms with Crippen LogP contribution in [0.25, 0.3) is 49.2 Å². The third kappa shape index (κ3) is 3.46.